The highest BCUT2D eigenvalue weighted by molar-refractivity contribution is 5.99. The molecule has 6 heteroatoms. The number of benzene rings is 3. The Balaban J connectivity index is 2.05. The predicted octanol–water partition coefficient (Wildman–Crippen LogP) is 5.78. The summed E-state index contributed by atoms with van der Waals surface area (Å²) < 4.78 is 14.0. The summed E-state index contributed by atoms with van der Waals surface area (Å²) in [6.07, 6.45) is 5.78. The number of aryl methyl sites for hydroxylation is 1. The first-order chi connectivity index (χ1) is 16.7. The number of hydrogen-bond acceptors (Lipinski definition) is 3. The summed E-state index contributed by atoms with van der Waals surface area (Å²) in [4.78, 5) is 26.7. The van der Waals surface area contributed by atoms with Crippen LogP contribution in [0, 0.1) is 31.0 Å². The number of carboxylic acid groups (broad SMARTS) is 1. The number of nitrogens with one attached hydrogen (secondary N) is 1. The van der Waals surface area contributed by atoms with E-state index in [0.29, 0.717) is 35.9 Å². The van der Waals surface area contributed by atoms with Crippen molar-refractivity contribution in [3.8, 4) is 23.5 Å². The maximum Gasteiger partial charge on any atom is 0.336 e. The fraction of sp³-hybridized carbons (Fsp3) is 0.241. The molecule has 3 rings (SSSR count). The van der Waals surface area contributed by atoms with Crippen molar-refractivity contribution in [3.05, 3.63) is 83.2 Å². The van der Waals surface area contributed by atoms with E-state index in [1.165, 1.54) is 12.1 Å². The summed E-state index contributed by atoms with van der Waals surface area (Å²) in [5.41, 5.74) is 3.84. The zero-order valence-corrected chi connectivity index (χ0v) is 20.1. The molecule has 3 aromatic carbocycles. The van der Waals surface area contributed by atoms with Crippen molar-refractivity contribution in [2.45, 2.75) is 27.2 Å². The van der Waals surface area contributed by atoms with Crippen LogP contribution in [0.5, 0.6) is 0 Å². The van der Waals surface area contributed by atoms with Crippen molar-refractivity contribution in [2.24, 2.45) is 5.92 Å². The highest BCUT2D eigenvalue weighted by Crippen LogP contribution is 2.34. The summed E-state index contributed by atoms with van der Waals surface area (Å²) in [5.74, 6) is 1.03. The molecule has 0 spiro atoms. The average molecular weight is 473 g/mol. The maximum absolute atomic E-state index is 14.0. The van der Waals surface area contributed by atoms with Crippen LogP contribution in [0.15, 0.2) is 60.7 Å². The van der Waals surface area contributed by atoms with Gasteiger partial charge in [0, 0.05) is 6.54 Å². The summed E-state index contributed by atoms with van der Waals surface area (Å²) >= 11 is 0. The number of terminal acetylenes is 1. The van der Waals surface area contributed by atoms with Gasteiger partial charge in [-0.1, -0.05) is 55.7 Å². The van der Waals surface area contributed by atoms with Crippen LogP contribution in [0.25, 0.3) is 11.1 Å². The van der Waals surface area contributed by atoms with Crippen molar-refractivity contribution >= 4 is 23.3 Å². The van der Waals surface area contributed by atoms with E-state index in [4.69, 9.17) is 6.42 Å². The van der Waals surface area contributed by atoms with Crippen LogP contribution in [-0.2, 0) is 11.2 Å². The predicted molar refractivity (Wildman–Crippen MR) is 138 cm³/mol. The molecule has 0 aliphatic carbocycles. The van der Waals surface area contributed by atoms with Crippen molar-refractivity contribution in [1.82, 2.24) is 0 Å². The number of hydrogen-bond donors (Lipinski definition) is 2. The van der Waals surface area contributed by atoms with E-state index < -0.39 is 11.8 Å². The fourth-order valence-corrected chi connectivity index (χ4v) is 3.91. The molecule has 0 fully saturated rings. The van der Waals surface area contributed by atoms with Crippen molar-refractivity contribution in [2.75, 3.05) is 23.3 Å². The molecular formula is C29H29FN2O3. The first kappa shape index (κ1) is 25.5. The number of aromatic carboxylic acids is 1. The molecule has 0 aliphatic heterocycles. The molecule has 1 amide bonds. The van der Waals surface area contributed by atoms with E-state index in [-0.39, 0.29) is 23.5 Å². The molecular weight excluding hydrogens is 443 g/mol. The largest absolute Gasteiger partial charge is 0.478 e. The molecule has 0 bridgehead atoms. The molecule has 0 saturated carbocycles. The van der Waals surface area contributed by atoms with Crippen LogP contribution in [0.2, 0.25) is 0 Å². The van der Waals surface area contributed by atoms with E-state index >= 15 is 0 Å². The molecule has 0 heterocycles. The number of nitrogens with zero attached hydrogens (tertiary/aromatic N) is 1. The van der Waals surface area contributed by atoms with E-state index in [1.54, 1.807) is 18.2 Å². The summed E-state index contributed by atoms with van der Waals surface area (Å²) in [5, 5.41) is 12.6. The van der Waals surface area contributed by atoms with E-state index in [2.05, 4.69) is 25.1 Å². The molecule has 0 saturated heterocycles. The van der Waals surface area contributed by atoms with Gasteiger partial charge < -0.3 is 15.3 Å². The van der Waals surface area contributed by atoms with Gasteiger partial charge in [0.2, 0.25) is 5.91 Å². The lowest BCUT2D eigenvalue weighted by atomic mass is 9.98. The second kappa shape index (κ2) is 11.3. The highest BCUT2D eigenvalue weighted by Gasteiger charge is 2.18. The Hall–Kier alpha value is -4.11. The molecule has 2 N–H and O–H groups in total. The molecule has 3 aromatic rings. The summed E-state index contributed by atoms with van der Waals surface area (Å²) in [7, 11) is 0. The van der Waals surface area contributed by atoms with Gasteiger partial charge in [0.25, 0.3) is 0 Å². The summed E-state index contributed by atoms with van der Waals surface area (Å²) in [6.45, 7) is 7.11. The Labute approximate surface area is 205 Å². The van der Waals surface area contributed by atoms with Gasteiger partial charge in [-0.2, -0.15) is 0 Å². The lowest BCUT2D eigenvalue weighted by Gasteiger charge is -2.27. The zero-order valence-electron chi connectivity index (χ0n) is 20.1. The SMILES string of the molecule is C#CCN(CC(C)C)c1ccc(-c2cc(F)ccc2C(=O)O)cc1NC(=O)Cc1ccc(C)cc1. The van der Waals surface area contributed by atoms with Crippen molar-refractivity contribution < 1.29 is 19.1 Å². The minimum Gasteiger partial charge on any atom is -0.478 e. The molecule has 0 aliphatic rings. The van der Waals surface area contributed by atoms with Crippen molar-refractivity contribution in [3.63, 3.8) is 0 Å². The number of carboxylic acids is 1. The van der Waals surface area contributed by atoms with Crippen LogP contribution >= 0.6 is 0 Å². The van der Waals surface area contributed by atoms with Crippen LogP contribution in [0.1, 0.15) is 35.3 Å². The minimum absolute atomic E-state index is 0.0289. The first-order valence-electron chi connectivity index (χ1n) is 11.4. The third-order valence-electron chi connectivity index (χ3n) is 5.49. The Morgan fingerprint density at radius 1 is 1.09 bits per heavy atom. The van der Waals surface area contributed by atoms with Crippen molar-refractivity contribution in [1.29, 1.82) is 0 Å². The summed E-state index contributed by atoms with van der Waals surface area (Å²) in [6, 6.07) is 16.4. The van der Waals surface area contributed by atoms with Crippen LogP contribution in [0.3, 0.4) is 0 Å². The molecule has 0 radical (unpaired) electrons. The lowest BCUT2D eigenvalue weighted by molar-refractivity contribution is -0.115. The van der Waals surface area contributed by atoms with Gasteiger partial charge in [-0.15, -0.1) is 6.42 Å². The van der Waals surface area contributed by atoms with Crippen LogP contribution < -0.4 is 10.2 Å². The molecule has 35 heavy (non-hydrogen) atoms. The number of carbonyl (C=O) groups excluding carboxylic acids is 1. The Kier molecular flexibility index (Phi) is 8.27. The fourth-order valence-electron chi connectivity index (χ4n) is 3.91. The van der Waals surface area contributed by atoms with E-state index in [9.17, 15) is 19.1 Å². The lowest BCUT2D eigenvalue weighted by Crippen LogP contribution is -2.29. The van der Waals surface area contributed by atoms with Gasteiger partial charge in [0.15, 0.2) is 0 Å². The van der Waals surface area contributed by atoms with Gasteiger partial charge in [-0.05, 0) is 59.9 Å². The molecule has 0 unspecified atom stereocenters. The number of rotatable bonds is 9. The topological polar surface area (TPSA) is 69.6 Å². The normalized spacial score (nSPS) is 10.6. The van der Waals surface area contributed by atoms with Crippen LogP contribution in [0.4, 0.5) is 15.8 Å². The molecule has 0 atom stereocenters. The number of anilines is 2. The Bertz CT molecular complexity index is 1260. The van der Waals surface area contributed by atoms with Gasteiger partial charge in [-0.25, -0.2) is 9.18 Å². The standard InChI is InChI=1S/C29H29FN2O3/c1-5-14-32(18-19(2)3)27-13-10-22(25-17-23(30)11-12-24(25)29(34)35)16-26(27)31-28(33)15-21-8-6-20(4)7-9-21/h1,6-13,16-17,19H,14-15,18H2,2-4H3,(H,31,33)(H,34,35). The van der Waals surface area contributed by atoms with Gasteiger partial charge >= 0.3 is 5.97 Å². The average Bonchev–Trinajstić information content (AvgIpc) is 2.79. The molecule has 0 aromatic heterocycles. The number of carbonyl (C=O) groups is 2. The minimum atomic E-state index is -1.16. The number of amides is 1. The molecule has 180 valence electrons. The second-order valence-electron chi connectivity index (χ2n) is 8.92. The van der Waals surface area contributed by atoms with E-state index in [1.807, 2.05) is 36.1 Å². The third-order valence-corrected chi connectivity index (χ3v) is 5.49. The number of halogens is 1. The highest BCUT2D eigenvalue weighted by atomic mass is 19.1. The maximum atomic E-state index is 14.0. The second-order valence-corrected chi connectivity index (χ2v) is 8.92. The molecule has 5 nitrogen and oxygen atoms in total. The van der Waals surface area contributed by atoms with Gasteiger partial charge in [-0.3, -0.25) is 4.79 Å². The Morgan fingerprint density at radius 3 is 2.43 bits per heavy atom. The first-order valence-corrected chi connectivity index (χ1v) is 11.4. The third kappa shape index (κ3) is 6.70. The van der Waals surface area contributed by atoms with Crippen LogP contribution in [-0.4, -0.2) is 30.1 Å². The quantitative estimate of drug-likeness (QED) is 0.388. The van der Waals surface area contributed by atoms with E-state index in [0.717, 1.165) is 17.2 Å². The van der Waals surface area contributed by atoms with Gasteiger partial charge in [0.1, 0.15) is 5.82 Å². The van der Waals surface area contributed by atoms with Gasteiger partial charge in [0.05, 0.1) is 29.9 Å². The zero-order chi connectivity index (χ0) is 25.5. The Morgan fingerprint density at radius 2 is 1.80 bits per heavy atom. The smallest absolute Gasteiger partial charge is 0.336 e. The monoisotopic (exact) mass is 472 g/mol.